The molecule has 1 aromatic carbocycles. The Bertz CT molecular complexity index is 464. The van der Waals surface area contributed by atoms with Crippen LogP contribution in [0.15, 0.2) is 30.3 Å². The summed E-state index contributed by atoms with van der Waals surface area (Å²) in [4.78, 5) is 24.7. The molecular formula is C17H23NO3. The standard InChI is InChI=1S/C17H23NO3/c19-16(8-4-7-14-5-2-1-3-6-14)18-11-9-15(10-12-18)13-17(20)21/h1-3,5-6,15H,4,7-13H2,(H,20,21). The molecule has 1 aliphatic heterocycles. The van der Waals surface area contributed by atoms with Gasteiger partial charge in [0, 0.05) is 25.9 Å². The van der Waals surface area contributed by atoms with E-state index in [1.54, 1.807) is 0 Å². The minimum absolute atomic E-state index is 0.208. The van der Waals surface area contributed by atoms with E-state index in [4.69, 9.17) is 5.11 Å². The number of aliphatic carboxylic acids is 1. The molecule has 1 heterocycles. The fourth-order valence-corrected chi connectivity index (χ4v) is 2.88. The number of rotatable bonds is 6. The summed E-state index contributed by atoms with van der Waals surface area (Å²) in [5.41, 5.74) is 1.27. The molecule has 1 amide bonds. The summed E-state index contributed by atoms with van der Waals surface area (Å²) in [6.07, 6.45) is 4.25. The van der Waals surface area contributed by atoms with Crippen molar-refractivity contribution in [3.05, 3.63) is 35.9 Å². The number of carboxylic acids is 1. The number of aryl methyl sites for hydroxylation is 1. The SMILES string of the molecule is O=C(O)CC1CCN(C(=O)CCCc2ccccc2)CC1. The monoisotopic (exact) mass is 289 g/mol. The smallest absolute Gasteiger partial charge is 0.303 e. The van der Waals surface area contributed by atoms with Gasteiger partial charge in [0.25, 0.3) is 0 Å². The van der Waals surface area contributed by atoms with Gasteiger partial charge in [0.15, 0.2) is 0 Å². The van der Waals surface area contributed by atoms with Crippen LogP contribution in [0, 0.1) is 5.92 Å². The predicted octanol–water partition coefficient (Wildman–Crippen LogP) is 2.72. The van der Waals surface area contributed by atoms with Gasteiger partial charge in [-0.1, -0.05) is 30.3 Å². The molecule has 0 radical (unpaired) electrons. The van der Waals surface area contributed by atoms with Crippen LogP contribution >= 0.6 is 0 Å². The van der Waals surface area contributed by atoms with Gasteiger partial charge in [-0.15, -0.1) is 0 Å². The number of carbonyl (C=O) groups excluding carboxylic acids is 1. The van der Waals surface area contributed by atoms with Crippen molar-refractivity contribution >= 4 is 11.9 Å². The van der Waals surface area contributed by atoms with Crippen molar-refractivity contribution in [1.29, 1.82) is 0 Å². The Hall–Kier alpha value is -1.84. The predicted molar refractivity (Wildman–Crippen MR) is 80.9 cm³/mol. The number of amides is 1. The lowest BCUT2D eigenvalue weighted by molar-refractivity contribution is -0.138. The van der Waals surface area contributed by atoms with Crippen molar-refractivity contribution in [1.82, 2.24) is 4.90 Å². The van der Waals surface area contributed by atoms with Gasteiger partial charge < -0.3 is 10.0 Å². The van der Waals surface area contributed by atoms with Crippen LogP contribution < -0.4 is 0 Å². The molecule has 4 nitrogen and oxygen atoms in total. The second kappa shape index (κ2) is 7.81. The third-order valence-corrected chi connectivity index (χ3v) is 4.13. The first-order valence-corrected chi connectivity index (χ1v) is 7.68. The highest BCUT2D eigenvalue weighted by Gasteiger charge is 2.23. The Morgan fingerprint density at radius 2 is 1.81 bits per heavy atom. The van der Waals surface area contributed by atoms with E-state index in [9.17, 15) is 9.59 Å². The number of hydrogen-bond acceptors (Lipinski definition) is 2. The first kappa shape index (κ1) is 15.5. The number of carbonyl (C=O) groups is 2. The Labute approximate surface area is 125 Å². The van der Waals surface area contributed by atoms with Crippen molar-refractivity contribution in [3.8, 4) is 0 Å². The molecule has 0 aliphatic carbocycles. The fraction of sp³-hybridized carbons (Fsp3) is 0.529. The second-order valence-corrected chi connectivity index (χ2v) is 5.76. The lowest BCUT2D eigenvalue weighted by atomic mass is 9.93. The number of benzene rings is 1. The van der Waals surface area contributed by atoms with Crippen LogP contribution in [0.25, 0.3) is 0 Å². The van der Waals surface area contributed by atoms with Crippen LogP contribution in [0.2, 0.25) is 0 Å². The lowest BCUT2D eigenvalue weighted by Crippen LogP contribution is -2.38. The molecule has 1 saturated heterocycles. The van der Waals surface area contributed by atoms with Crippen LogP contribution in [-0.4, -0.2) is 35.0 Å². The minimum atomic E-state index is -0.734. The number of likely N-dealkylation sites (tertiary alicyclic amines) is 1. The molecule has 0 saturated carbocycles. The molecule has 0 spiro atoms. The Kier molecular flexibility index (Phi) is 5.78. The van der Waals surface area contributed by atoms with Gasteiger partial charge >= 0.3 is 5.97 Å². The average molecular weight is 289 g/mol. The van der Waals surface area contributed by atoms with E-state index in [0.29, 0.717) is 19.5 Å². The van der Waals surface area contributed by atoms with Gasteiger partial charge in [-0.3, -0.25) is 9.59 Å². The van der Waals surface area contributed by atoms with Gasteiger partial charge in [-0.2, -0.15) is 0 Å². The van der Waals surface area contributed by atoms with E-state index in [0.717, 1.165) is 25.7 Å². The first-order valence-electron chi connectivity index (χ1n) is 7.68. The van der Waals surface area contributed by atoms with Crippen LogP contribution in [0.5, 0.6) is 0 Å². The zero-order valence-corrected chi connectivity index (χ0v) is 12.3. The third-order valence-electron chi connectivity index (χ3n) is 4.13. The molecule has 4 heteroatoms. The first-order chi connectivity index (χ1) is 10.1. The zero-order chi connectivity index (χ0) is 15.1. The fourth-order valence-electron chi connectivity index (χ4n) is 2.88. The molecule has 114 valence electrons. The maximum atomic E-state index is 12.1. The molecule has 0 unspecified atom stereocenters. The van der Waals surface area contributed by atoms with Crippen LogP contribution in [0.4, 0.5) is 0 Å². The molecule has 1 fully saturated rings. The highest BCUT2D eigenvalue weighted by atomic mass is 16.4. The van der Waals surface area contributed by atoms with Gasteiger partial charge in [0.05, 0.1) is 0 Å². The van der Waals surface area contributed by atoms with E-state index in [-0.39, 0.29) is 18.2 Å². The maximum absolute atomic E-state index is 12.1. The van der Waals surface area contributed by atoms with E-state index in [1.807, 2.05) is 23.1 Å². The van der Waals surface area contributed by atoms with E-state index in [1.165, 1.54) is 5.56 Å². The molecule has 0 bridgehead atoms. The van der Waals surface area contributed by atoms with Crippen molar-refractivity contribution in [3.63, 3.8) is 0 Å². The van der Waals surface area contributed by atoms with Gasteiger partial charge in [-0.05, 0) is 37.2 Å². The van der Waals surface area contributed by atoms with Gasteiger partial charge in [-0.25, -0.2) is 0 Å². The Morgan fingerprint density at radius 1 is 1.14 bits per heavy atom. The summed E-state index contributed by atoms with van der Waals surface area (Å²) in [7, 11) is 0. The number of piperidine rings is 1. The molecule has 21 heavy (non-hydrogen) atoms. The summed E-state index contributed by atoms with van der Waals surface area (Å²) < 4.78 is 0. The van der Waals surface area contributed by atoms with Crippen LogP contribution in [-0.2, 0) is 16.0 Å². The van der Waals surface area contributed by atoms with E-state index in [2.05, 4.69) is 12.1 Å². The summed E-state index contributed by atoms with van der Waals surface area (Å²) in [6, 6.07) is 10.2. The molecular weight excluding hydrogens is 266 g/mol. The van der Waals surface area contributed by atoms with Crippen molar-refractivity contribution < 1.29 is 14.7 Å². The molecule has 2 rings (SSSR count). The third kappa shape index (κ3) is 5.21. The molecule has 0 atom stereocenters. The van der Waals surface area contributed by atoms with Crippen LogP contribution in [0.1, 0.15) is 37.7 Å². The largest absolute Gasteiger partial charge is 0.481 e. The minimum Gasteiger partial charge on any atom is -0.481 e. The van der Waals surface area contributed by atoms with Crippen molar-refractivity contribution in [2.45, 2.75) is 38.5 Å². The normalized spacial score (nSPS) is 15.9. The van der Waals surface area contributed by atoms with Crippen LogP contribution in [0.3, 0.4) is 0 Å². The Morgan fingerprint density at radius 3 is 2.43 bits per heavy atom. The van der Waals surface area contributed by atoms with E-state index < -0.39 is 5.97 Å². The number of carboxylic acid groups (broad SMARTS) is 1. The molecule has 1 aliphatic rings. The summed E-state index contributed by atoms with van der Waals surface area (Å²) in [6.45, 7) is 1.42. The van der Waals surface area contributed by atoms with Crippen molar-refractivity contribution in [2.75, 3.05) is 13.1 Å². The Balaban J connectivity index is 1.67. The highest BCUT2D eigenvalue weighted by Crippen LogP contribution is 2.21. The quantitative estimate of drug-likeness (QED) is 0.876. The van der Waals surface area contributed by atoms with E-state index >= 15 is 0 Å². The average Bonchev–Trinajstić information content (AvgIpc) is 2.48. The summed E-state index contributed by atoms with van der Waals surface area (Å²) in [5, 5.41) is 8.78. The number of nitrogens with zero attached hydrogens (tertiary/aromatic N) is 1. The molecule has 0 aromatic heterocycles. The lowest BCUT2D eigenvalue weighted by Gasteiger charge is -2.31. The summed E-state index contributed by atoms with van der Waals surface area (Å²) >= 11 is 0. The van der Waals surface area contributed by atoms with Crippen molar-refractivity contribution in [2.24, 2.45) is 5.92 Å². The van der Waals surface area contributed by atoms with Gasteiger partial charge in [0.1, 0.15) is 0 Å². The molecule has 1 aromatic rings. The maximum Gasteiger partial charge on any atom is 0.303 e. The van der Waals surface area contributed by atoms with Gasteiger partial charge in [0.2, 0.25) is 5.91 Å². The number of hydrogen-bond donors (Lipinski definition) is 1. The molecule has 1 N–H and O–H groups in total. The summed E-state index contributed by atoms with van der Waals surface area (Å²) in [5.74, 6) is -0.293. The second-order valence-electron chi connectivity index (χ2n) is 5.76. The zero-order valence-electron chi connectivity index (χ0n) is 12.3. The topological polar surface area (TPSA) is 57.6 Å². The highest BCUT2D eigenvalue weighted by molar-refractivity contribution is 5.76.